The van der Waals surface area contributed by atoms with E-state index in [2.05, 4.69) is 6.58 Å². The van der Waals surface area contributed by atoms with Crippen molar-refractivity contribution in [3.05, 3.63) is 76.9 Å². The number of Topliss-reactive ketones (excluding diaryl/α,β-unsaturated/α-hetero) is 1. The minimum Gasteiger partial charge on any atom is -0.507 e. The van der Waals surface area contributed by atoms with Gasteiger partial charge in [-0.3, -0.25) is 9.59 Å². The molecular weight excluding hydrogens is 422 g/mol. The van der Waals surface area contributed by atoms with Crippen LogP contribution in [0.15, 0.2) is 54.6 Å². The van der Waals surface area contributed by atoms with E-state index >= 15 is 0 Å². The summed E-state index contributed by atoms with van der Waals surface area (Å²) in [5, 5.41) is 11.3. The lowest BCUT2D eigenvalue weighted by atomic mass is 9.93. The quantitative estimate of drug-likeness (QED) is 0.269. The van der Waals surface area contributed by atoms with Gasteiger partial charge in [-0.25, -0.2) is 0 Å². The number of nitrogens with zero attached hydrogens (tertiary/aromatic N) is 1. The molecule has 1 saturated heterocycles. The molecule has 7 nitrogen and oxygen atoms in total. The van der Waals surface area contributed by atoms with Crippen molar-refractivity contribution in [2.45, 2.75) is 19.9 Å². The normalized spacial score (nSPS) is 17.3. The second kappa shape index (κ2) is 10.4. The molecule has 0 aromatic heterocycles. The number of aryl methyl sites for hydroxylation is 2. The van der Waals surface area contributed by atoms with Gasteiger partial charge in [0.25, 0.3) is 11.7 Å². The van der Waals surface area contributed by atoms with Gasteiger partial charge in [-0.15, -0.1) is 0 Å². The molecule has 0 bridgehead atoms. The summed E-state index contributed by atoms with van der Waals surface area (Å²) in [6.45, 7) is 8.08. The Morgan fingerprint density at radius 2 is 1.91 bits per heavy atom. The van der Waals surface area contributed by atoms with Crippen LogP contribution in [0.1, 0.15) is 28.3 Å². The highest BCUT2D eigenvalue weighted by Crippen LogP contribution is 2.41. The zero-order valence-electron chi connectivity index (χ0n) is 19.4. The summed E-state index contributed by atoms with van der Waals surface area (Å²) in [5.74, 6) is -0.397. The van der Waals surface area contributed by atoms with E-state index in [1.807, 2.05) is 13.8 Å². The number of hydrogen-bond donors (Lipinski definition) is 1. The molecule has 2 aromatic rings. The molecule has 0 spiro atoms. The second-order valence-electron chi connectivity index (χ2n) is 7.79. The molecule has 1 aliphatic heterocycles. The van der Waals surface area contributed by atoms with Gasteiger partial charge in [0.1, 0.15) is 23.9 Å². The zero-order chi connectivity index (χ0) is 24.1. The standard InChI is InChI=1S/C26H29NO6/c1-6-11-33-19-9-7-8-18(15-19)23-22(25(29)26(30)27(23)10-12-31-4)24(28)20-13-17(3)21(32-5)14-16(20)2/h6-9,13-15,23,28H,1,10-12H2,2-5H3/b24-22+. The predicted molar refractivity (Wildman–Crippen MR) is 125 cm³/mol. The van der Waals surface area contributed by atoms with Crippen LogP contribution in [-0.2, 0) is 14.3 Å². The molecule has 174 valence electrons. The lowest BCUT2D eigenvalue weighted by Gasteiger charge is -2.25. The van der Waals surface area contributed by atoms with Gasteiger partial charge < -0.3 is 24.2 Å². The highest BCUT2D eigenvalue weighted by atomic mass is 16.5. The Labute approximate surface area is 193 Å². The zero-order valence-corrected chi connectivity index (χ0v) is 19.4. The first kappa shape index (κ1) is 24.1. The summed E-state index contributed by atoms with van der Waals surface area (Å²) in [6.07, 6.45) is 1.63. The van der Waals surface area contributed by atoms with Crippen molar-refractivity contribution in [1.29, 1.82) is 0 Å². The van der Waals surface area contributed by atoms with Gasteiger partial charge in [-0.05, 0) is 54.8 Å². The first-order valence-electron chi connectivity index (χ1n) is 10.6. The number of hydrogen-bond acceptors (Lipinski definition) is 6. The second-order valence-corrected chi connectivity index (χ2v) is 7.79. The summed E-state index contributed by atoms with van der Waals surface area (Å²) in [6, 6.07) is 9.90. The van der Waals surface area contributed by atoms with Gasteiger partial charge in [0.05, 0.1) is 25.3 Å². The Kier molecular flexibility index (Phi) is 7.55. The van der Waals surface area contributed by atoms with E-state index in [0.717, 1.165) is 11.1 Å². The average molecular weight is 452 g/mol. The summed E-state index contributed by atoms with van der Waals surface area (Å²) in [7, 11) is 3.10. The number of aliphatic hydroxyl groups is 1. The van der Waals surface area contributed by atoms with Gasteiger partial charge in [-0.1, -0.05) is 24.8 Å². The van der Waals surface area contributed by atoms with E-state index in [0.29, 0.717) is 29.2 Å². The maximum absolute atomic E-state index is 13.1. The molecule has 1 heterocycles. The van der Waals surface area contributed by atoms with Crippen LogP contribution in [0.3, 0.4) is 0 Å². The maximum Gasteiger partial charge on any atom is 0.295 e. The lowest BCUT2D eigenvalue weighted by Crippen LogP contribution is -2.32. The monoisotopic (exact) mass is 451 g/mol. The predicted octanol–water partition coefficient (Wildman–Crippen LogP) is 3.94. The highest BCUT2D eigenvalue weighted by Gasteiger charge is 2.46. The molecule has 3 rings (SSSR count). The molecule has 0 saturated carbocycles. The Bertz CT molecular complexity index is 1100. The van der Waals surface area contributed by atoms with Crippen LogP contribution in [0.2, 0.25) is 0 Å². The van der Waals surface area contributed by atoms with Crippen LogP contribution in [0.4, 0.5) is 0 Å². The summed E-state index contributed by atoms with van der Waals surface area (Å²) in [4.78, 5) is 27.5. The van der Waals surface area contributed by atoms with Gasteiger partial charge in [0.15, 0.2) is 0 Å². The summed E-state index contributed by atoms with van der Waals surface area (Å²) < 4.78 is 16.2. The van der Waals surface area contributed by atoms with Crippen molar-refractivity contribution >= 4 is 17.4 Å². The average Bonchev–Trinajstić information content (AvgIpc) is 3.07. The van der Waals surface area contributed by atoms with Crippen LogP contribution in [0.25, 0.3) is 5.76 Å². The molecular formula is C26H29NO6. The number of ketones is 1. The van der Waals surface area contributed by atoms with E-state index in [9.17, 15) is 14.7 Å². The fourth-order valence-corrected chi connectivity index (χ4v) is 3.99. The van der Waals surface area contributed by atoms with Gasteiger partial charge in [0.2, 0.25) is 0 Å². The number of likely N-dealkylation sites (tertiary alicyclic amines) is 1. The van der Waals surface area contributed by atoms with Crippen LogP contribution in [0, 0.1) is 13.8 Å². The third-order valence-corrected chi connectivity index (χ3v) is 5.61. The number of ether oxygens (including phenoxy) is 3. The van der Waals surface area contributed by atoms with E-state index in [4.69, 9.17) is 14.2 Å². The number of benzene rings is 2. The number of rotatable bonds is 9. The molecule has 2 aromatic carbocycles. The van der Waals surface area contributed by atoms with Crippen LogP contribution < -0.4 is 9.47 Å². The largest absolute Gasteiger partial charge is 0.507 e. The molecule has 0 aliphatic carbocycles. The molecule has 0 radical (unpaired) electrons. The topological polar surface area (TPSA) is 85.3 Å². The van der Waals surface area contributed by atoms with Crippen molar-refractivity contribution in [3.63, 3.8) is 0 Å². The number of carbonyl (C=O) groups is 2. The smallest absolute Gasteiger partial charge is 0.295 e. The minimum absolute atomic E-state index is 0.0321. The SMILES string of the molecule is C=CCOc1cccc(C2/C(=C(\O)c3cc(C)c(OC)cc3C)C(=O)C(=O)N2CCOC)c1. The maximum atomic E-state index is 13.1. The first-order valence-corrected chi connectivity index (χ1v) is 10.6. The van der Waals surface area contributed by atoms with Crippen molar-refractivity contribution in [1.82, 2.24) is 4.90 Å². The third kappa shape index (κ3) is 4.78. The van der Waals surface area contributed by atoms with Crippen molar-refractivity contribution < 1.29 is 28.9 Å². The summed E-state index contributed by atoms with van der Waals surface area (Å²) in [5.41, 5.74) is 2.68. The van der Waals surface area contributed by atoms with Crippen molar-refractivity contribution in [2.24, 2.45) is 0 Å². The number of carbonyl (C=O) groups excluding carboxylic acids is 2. The van der Waals surface area contributed by atoms with Crippen LogP contribution in [0.5, 0.6) is 11.5 Å². The molecule has 7 heteroatoms. The minimum atomic E-state index is -0.783. The highest BCUT2D eigenvalue weighted by molar-refractivity contribution is 6.46. The molecule has 1 aliphatic rings. The van der Waals surface area contributed by atoms with E-state index in [1.54, 1.807) is 49.6 Å². The van der Waals surface area contributed by atoms with Crippen LogP contribution in [-0.4, -0.2) is 55.7 Å². The van der Waals surface area contributed by atoms with E-state index < -0.39 is 17.7 Å². The Balaban J connectivity index is 2.19. The molecule has 1 unspecified atom stereocenters. The van der Waals surface area contributed by atoms with Gasteiger partial charge in [-0.2, -0.15) is 0 Å². The molecule has 1 fully saturated rings. The Morgan fingerprint density at radius 1 is 1.15 bits per heavy atom. The number of aliphatic hydroxyl groups excluding tert-OH is 1. The molecule has 33 heavy (non-hydrogen) atoms. The third-order valence-electron chi connectivity index (χ3n) is 5.61. The first-order chi connectivity index (χ1) is 15.8. The summed E-state index contributed by atoms with van der Waals surface area (Å²) >= 11 is 0. The lowest BCUT2D eigenvalue weighted by molar-refractivity contribution is -0.140. The molecule has 1 amide bonds. The van der Waals surface area contributed by atoms with Crippen molar-refractivity contribution in [3.8, 4) is 11.5 Å². The Hall–Kier alpha value is -3.58. The fourth-order valence-electron chi connectivity index (χ4n) is 3.99. The van der Waals surface area contributed by atoms with Crippen LogP contribution >= 0.6 is 0 Å². The van der Waals surface area contributed by atoms with E-state index in [-0.39, 0.29) is 24.5 Å². The van der Waals surface area contributed by atoms with Gasteiger partial charge in [0, 0.05) is 19.2 Å². The number of amides is 1. The molecule has 1 N–H and O–H groups in total. The fraction of sp³-hybridized carbons (Fsp3) is 0.308. The Morgan fingerprint density at radius 3 is 2.58 bits per heavy atom. The van der Waals surface area contributed by atoms with Crippen molar-refractivity contribution in [2.75, 3.05) is 34.0 Å². The number of methoxy groups -OCH3 is 2. The molecule has 1 atom stereocenters. The van der Waals surface area contributed by atoms with Gasteiger partial charge >= 0.3 is 0 Å². The van der Waals surface area contributed by atoms with E-state index in [1.165, 1.54) is 12.0 Å².